The van der Waals surface area contributed by atoms with E-state index < -0.39 is 11.6 Å². The van der Waals surface area contributed by atoms with Crippen LogP contribution in [0, 0.1) is 18.6 Å². The lowest BCUT2D eigenvalue weighted by molar-refractivity contribution is 0.123. The van der Waals surface area contributed by atoms with E-state index in [0.717, 1.165) is 6.07 Å². The summed E-state index contributed by atoms with van der Waals surface area (Å²) >= 11 is 0. The molecule has 0 fully saturated rings. The molecule has 4 heteroatoms. The minimum absolute atomic E-state index is 0.0814. The van der Waals surface area contributed by atoms with Crippen LogP contribution in [0.1, 0.15) is 11.1 Å². The second-order valence-corrected chi connectivity index (χ2v) is 2.52. The van der Waals surface area contributed by atoms with Gasteiger partial charge in [0.05, 0.1) is 6.61 Å². The topological polar surface area (TPSA) is 35.2 Å². The van der Waals surface area contributed by atoms with E-state index in [0.29, 0.717) is 5.56 Å². The van der Waals surface area contributed by atoms with Crippen LogP contribution in [-0.2, 0) is 11.4 Å². The van der Waals surface area contributed by atoms with E-state index in [2.05, 4.69) is 4.84 Å². The Hall–Kier alpha value is -1.00. The largest absolute Gasteiger partial charge is 0.300 e. The highest BCUT2D eigenvalue weighted by Gasteiger charge is 2.06. The van der Waals surface area contributed by atoms with Gasteiger partial charge in [-0.3, -0.25) is 4.84 Å². The molecule has 0 aromatic heterocycles. The van der Waals surface area contributed by atoms with Gasteiger partial charge in [0, 0.05) is 0 Å². The third kappa shape index (κ3) is 1.78. The molecule has 1 aromatic rings. The number of halogens is 2. The van der Waals surface area contributed by atoms with Crippen molar-refractivity contribution in [3.05, 3.63) is 34.9 Å². The second-order valence-electron chi connectivity index (χ2n) is 2.52. The lowest BCUT2D eigenvalue weighted by Crippen LogP contribution is -2.01. The summed E-state index contributed by atoms with van der Waals surface area (Å²) in [5.41, 5.74) is 0.774. The number of hydrogen-bond donors (Lipinski definition) is 1. The van der Waals surface area contributed by atoms with Gasteiger partial charge in [-0.2, -0.15) is 0 Å². The van der Waals surface area contributed by atoms with Crippen LogP contribution in [-0.4, -0.2) is 0 Å². The predicted octanol–water partition coefficient (Wildman–Crippen LogP) is 1.66. The van der Waals surface area contributed by atoms with Gasteiger partial charge in [0.25, 0.3) is 0 Å². The Morgan fingerprint density at radius 2 is 2.08 bits per heavy atom. The second kappa shape index (κ2) is 3.60. The van der Waals surface area contributed by atoms with Crippen LogP contribution in [0.4, 0.5) is 8.78 Å². The molecule has 12 heavy (non-hydrogen) atoms. The molecule has 0 amide bonds. The van der Waals surface area contributed by atoms with Gasteiger partial charge in [-0.25, -0.2) is 14.7 Å². The average molecular weight is 173 g/mol. The summed E-state index contributed by atoms with van der Waals surface area (Å²) in [5.74, 6) is 3.09. The summed E-state index contributed by atoms with van der Waals surface area (Å²) in [4.78, 5) is 4.29. The molecule has 2 N–H and O–H groups in total. The normalized spacial score (nSPS) is 10.3. The van der Waals surface area contributed by atoms with Crippen LogP contribution in [0.3, 0.4) is 0 Å². The minimum Gasteiger partial charge on any atom is -0.300 e. The van der Waals surface area contributed by atoms with Gasteiger partial charge in [-0.05, 0) is 24.1 Å². The summed E-state index contributed by atoms with van der Waals surface area (Å²) < 4.78 is 25.4. The van der Waals surface area contributed by atoms with E-state index >= 15 is 0 Å². The van der Waals surface area contributed by atoms with E-state index in [4.69, 9.17) is 5.90 Å². The maximum absolute atomic E-state index is 12.7. The Morgan fingerprint density at radius 3 is 2.58 bits per heavy atom. The van der Waals surface area contributed by atoms with E-state index in [1.807, 2.05) is 0 Å². The van der Waals surface area contributed by atoms with Gasteiger partial charge in [-0.1, -0.05) is 6.07 Å². The Morgan fingerprint density at radius 1 is 1.42 bits per heavy atom. The Labute approximate surface area is 68.9 Å². The van der Waals surface area contributed by atoms with Gasteiger partial charge >= 0.3 is 0 Å². The number of hydrogen-bond acceptors (Lipinski definition) is 2. The molecule has 0 atom stereocenters. The Kier molecular flexibility index (Phi) is 2.73. The van der Waals surface area contributed by atoms with Crippen molar-refractivity contribution in [2.45, 2.75) is 13.5 Å². The van der Waals surface area contributed by atoms with Crippen molar-refractivity contribution in [2.75, 3.05) is 0 Å². The summed E-state index contributed by atoms with van der Waals surface area (Å²) in [7, 11) is 0. The van der Waals surface area contributed by atoms with Gasteiger partial charge in [-0.15, -0.1) is 0 Å². The van der Waals surface area contributed by atoms with Crippen LogP contribution >= 0.6 is 0 Å². The van der Waals surface area contributed by atoms with Gasteiger partial charge in [0.15, 0.2) is 11.6 Å². The maximum atomic E-state index is 12.7. The summed E-state index contributed by atoms with van der Waals surface area (Å²) in [6.45, 7) is 1.57. The van der Waals surface area contributed by atoms with Crippen LogP contribution in [0.5, 0.6) is 0 Å². The number of aryl methyl sites for hydroxylation is 1. The fourth-order valence-electron chi connectivity index (χ4n) is 0.977. The molecule has 2 nitrogen and oxygen atoms in total. The standard InChI is InChI=1S/C8H9F2NO/c1-5-2-6(4-12-11)3-7(9)8(5)10/h2-3H,4,11H2,1H3. The van der Waals surface area contributed by atoms with Crippen molar-refractivity contribution < 1.29 is 13.6 Å². The average Bonchev–Trinajstić information content (AvgIpc) is 2.01. The number of nitrogens with two attached hydrogens (primary N) is 1. The van der Waals surface area contributed by atoms with Crippen molar-refractivity contribution in [3.63, 3.8) is 0 Å². The van der Waals surface area contributed by atoms with Gasteiger partial charge < -0.3 is 0 Å². The van der Waals surface area contributed by atoms with Crippen LogP contribution in [0.15, 0.2) is 12.1 Å². The lowest BCUT2D eigenvalue weighted by atomic mass is 10.1. The molecule has 0 aliphatic rings. The van der Waals surface area contributed by atoms with Crippen LogP contribution in [0.2, 0.25) is 0 Å². The smallest absolute Gasteiger partial charge is 0.161 e. The third-order valence-corrected chi connectivity index (χ3v) is 1.52. The zero-order valence-electron chi connectivity index (χ0n) is 6.60. The first-order valence-corrected chi connectivity index (χ1v) is 3.41. The van der Waals surface area contributed by atoms with Crippen molar-refractivity contribution in [2.24, 2.45) is 5.90 Å². The van der Waals surface area contributed by atoms with E-state index in [1.165, 1.54) is 13.0 Å². The summed E-state index contributed by atoms with van der Waals surface area (Å²) in [5, 5.41) is 0. The minimum atomic E-state index is -0.873. The lowest BCUT2D eigenvalue weighted by Gasteiger charge is -2.02. The van der Waals surface area contributed by atoms with Crippen molar-refractivity contribution in [1.29, 1.82) is 0 Å². The first-order chi connectivity index (χ1) is 5.65. The Balaban J connectivity index is 3.04. The molecule has 66 valence electrons. The zero-order valence-corrected chi connectivity index (χ0v) is 6.60. The third-order valence-electron chi connectivity index (χ3n) is 1.52. The van der Waals surface area contributed by atoms with Crippen LogP contribution < -0.4 is 5.90 Å². The molecule has 0 heterocycles. The molecule has 0 bridgehead atoms. The molecule has 0 spiro atoms. The molecular formula is C8H9F2NO. The highest BCUT2D eigenvalue weighted by atomic mass is 19.2. The molecular weight excluding hydrogens is 164 g/mol. The quantitative estimate of drug-likeness (QED) is 0.690. The van der Waals surface area contributed by atoms with Crippen molar-refractivity contribution >= 4 is 0 Å². The molecule has 0 saturated carbocycles. The highest BCUT2D eigenvalue weighted by Crippen LogP contribution is 2.14. The Bertz CT molecular complexity index is 265. The monoisotopic (exact) mass is 173 g/mol. The fourth-order valence-corrected chi connectivity index (χ4v) is 0.977. The summed E-state index contributed by atoms with van der Waals surface area (Å²) in [6, 6.07) is 2.56. The van der Waals surface area contributed by atoms with E-state index in [1.54, 1.807) is 0 Å². The molecule has 0 aliphatic carbocycles. The zero-order chi connectivity index (χ0) is 9.14. The molecule has 0 aliphatic heterocycles. The predicted molar refractivity (Wildman–Crippen MR) is 40.1 cm³/mol. The SMILES string of the molecule is Cc1cc(CON)cc(F)c1F. The molecule has 1 rings (SSSR count). The van der Waals surface area contributed by atoms with E-state index in [-0.39, 0.29) is 12.2 Å². The van der Waals surface area contributed by atoms with Crippen molar-refractivity contribution in [1.82, 2.24) is 0 Å². The molecule has 1 aromatic carbocycles. The fraction of sp³-hybridized carbons (Fsp3) is 0.250. The summed E-state index contributed by atoms with van der Waals surface area (Å²) in [6.07, 6.45) is 0. The molecule has 0 radical (unpaired) electrons. The first kappa shape index (κ1) is 9.09. The van der Waals surface area contributed by atoms with E-state index in [9.17, 15) is 8.78 Å². The van der Waals surface area contributed by atoms with Crippen LogP contribution in [0.25, 0.3) is 0 Å². The number of rotatable bonds is 2. The molecule has 0 saturated heterocycles. The first-order valence-electron chi connectivity index (χ1n) is 3.41. The number of benzene rings is 1. The van der Waals surface area contributed by atoms with Gasteiger partial charge in [0.1, 0.15) is 0 Å². The van der Waals surface area contributed by atoms with Crippen molar-refractivity contribution in [3.8, 4) is 0 Å². The highest BCUT2D eigenvalue weighted by molar-refractivity contribution is 5.24. The molecule has 0 unspecified atom stereocenters. The maximum Gasteiger partial charge on any atom is 0.161 e. The van der Waals surface area contributed by atoms with Gasteiger partial charge in [0.2, 0.25) is 0 Å².